The van der Waals surface area contributed by atoms with Crippen LogP contribution in [0.25, 0.3) is 6.08 Å². The van der Waals surface area contributed by atoms with Crippen molar-refractivity contribution < 1.29 is 19.1 Å². The van der Waals surface area contributed by atoms with Gasteiger partial charge in [-0.1, -0.05) is 68.3 Å². The van der Waals surface area contributed by atoms with E-state index in [1.807, 2.05) is 49.4 Å². The molecule has 0 aromatic heterocycles. The third kappa shape index (κ3) is 10.6. The number of nitrogens with one attached hydrogen (secondary N) is 3. The normalized spacial score (nSPS) is 11.8. The Morgan fingerprint density at radius 2 is 1.60 bits per heavy atom. The van der Waals surface area contributed by atoms with Gasteiger partial charge in [-0.15, -0.1) is 11.8 Å². The summed E-state index contributed by atoms with van der Waals surface area (Å²) < 4.78 is 5.70. The van der Waals surface area contributed by atoms with Crippen LogP contribution in [-0.4, -0.2) is 29.6 Å². The van der Waals surface area contributed by atoms with Crippen LogP contribution in [0, 0.1) is 0 Å². The molecule has 0 radical (unpaired) electrons. The van der Waals surface area contributed by atoms with Gasteiger partial charge in [-0.25, -0.2) is 0 Å². The van der Waals surface area contributed by atoms with Crippen molar-refractivity contribution in [1.82, 2.24) is 5.32 Å². The van der Waals surface area contributed by atoms with E-state index >= 15 is 0 Å². The SMILES string of the molecule is CCCCOc1ccc(NC(=O)C(CC)Sc2cccc(NC(=O)/C(=C/c3cccc(Cl)c3)NC(=O)c3ccccc3)c2)cc1. The first-order valence-electron chi connectivity index (χ1n) is 14.8. The van der Waals surface area contributed by atoms with E-state index in [9.17, 15) is 14.4 Å². The van der Waals surface area contributed by atoms with E-state index in [2.05, 4.69) is 22.9 Å². The van der Waals surface area contributed by atoms with Crippen LogP contribution in [0.2, 0.25) is 5.02 Å². The van der Waals surface area contributed by atoms with Crippen molar-refractivity contribution in [3.8, 4) is 5.75 Å². The molecule has 1 unspecified atom stereocenters. The highest BCUT2D eigenvalue weighted by Crippen LogP contribution is 2.29. The molecule has 7 nitrogen and oxygen atoms in total. The molecule has 9 heteroatoms. The van der Waals surface area contributed by atoms with E-state index in [4.69, 9.17) is 16.3 Å². The lowest BCUT2D eigenvalue weighted by Gasteiger charge is -2.16. The number of anilines is 2. The van der Waals surface area contributed by atoms with Gasteiger partial charge >= 0.3 is 0 Å². The summed E-state index contributed by atoms with van der Waals surface area (Å²) >= 11 is 7.56. The lowest BCUT2D eigenvalue weighted by molar-refractivity contribution is -0.116. The summed E-state index contributed by atoms with van der Waals surface area (Å²) in [5.74, 6) is -0.272. The number of hydrogen-bond donors (Lipinski definition) is 3. The number of carbonyl (C=O) groups is 3. The van der Waals surface area contributed by atoms with Crippen molar-refractivity contribution >= 4 is 58.5 Å². The van der Waals surface area contributed by atoms with Gasteiger partial charge in [0.1, 0.15) is 11.4 Å². The number of unbranched alkanes of at least 4 members (excludes halogenated alkanes) is 1. The summed E-state index contributed by atoms with van der Waals surface area (Å²) in [7, 11) is 0. The number of carbonyl (C=O) groups excluding carboxylic acids is 3. The molecule has 4 aromatic rings. The van der Waals surface area contributed by atoms with Crippen LogP contribution >= 0.6 is 23.4 Å². The molecule has 0 fully saturated rings. The zero-order chi connectivity index (χ0) is 32.0. The van der Waals surface area contributed by atoms with E-state index in [1.165, 1.54) is 11.8 Å². The fraction of sp³-hybridized carbons (Fsp3) is 0.194. The number of halogens is 1. The van der Waals surface area contributed by atoms with E-state index in [0.717, 1.165) is 23.5 Å². The Morgan fingerprint density at radius 3 is 2.31 bits per heavy atom. The lowest BCUT2D eigenvalue weighted by Crippen LogP contribution is -2.30. The van der Waals surface area contributed by atoms with E-state index in [1.54, 1.807) is 66.7 Å². The first-order valence-corrected chi connectivity index (χ1v) is 16.1. The molecule has 0 spiro atoms. The van der Waals surface area contributed by atoms with Crippen molar-refractivity contribution in [2.24, 2.45) is 0 Å². The molecule has 1 atom stereocenters. The first kappa shape index (κ1) is 33.4. The molecule has 0 aliphatic heterocycles. The minimum absolute atomic E-state index is 0.0526. The highest BCUT2D eigenvalue weighted by atomic mass is 35.5. The molecule has 0 saturated heterocycles. The highest BCUT2D eigenvalue weighted by Gasteiger charge is 2.19. The van der Waals surface area contributed by atoms with Crippen LogP contribution in [0.5, 0.6) is 5.75 Å². The smallest absolute Gasteiger partial charge is 0.272 e. The number of rotatable bonds is 14. The Balaban J connectivity index is 1.44. The second kappa shape index (κ2) is 17.1. The van der Waals surface area contributed by atoms with Gasteiger partial charge in [0.2, 0.25) is 5.91 Å². The largest absolute Gasteiger partial charge is 0.494 e. The standard InChI is InChI=1S/C36H36ClN3O4S/c1-3-5-21-44-30-19-17-28(18-20-30)38-36(43)33(4-2)45-31-16-10-15-29(24-31)39-35(42)32(23-25-11-9-14-27(37)22-25)40-34(41)26-12-7-6-8-13-26/h6-20,22-24,33H,3-5,21H2,1-2H3,(H,38,43)(H,39,42)(H,40,41)/b32-23-. The van der Waals surface area contributed by atoms with Gasteiger partial charge in [-0.2, -0.15) is 0 Å². The summed E-state index contributed by atoms with van der Waals surface area (Å²) in [4.78, 5) is 40.3. The van der Waals surface area contributed by atoms with Crippen LogP contribution in [-0.2, 0) is 9.59 Å². The Morgan fingerprint density at radius 1 is 0.844 bits per heavy atom. The summed E-state index contributed by atoms with van der Waals surface area (Å²) in [6, 6.07) is 30.3. The Labute approximate surface area is 273 Å². The van der Waals surface area contributed by atoms with Crippen molar-refractivity contribution in [2.75, 3.05) is 17.2 Å². The predicted octanol–water partition coefficient (Wildman–Crippen LogP) is 8.44. The molecule has 45 heavy (non-hydrogen) atoms. The van der Waals surface area contributed by atoms with Crippen molar-refractivity contribution in [3.63, 3.8) is 0 Å². The molecule has 0 bridgehead atoms. The third-order valence-electron chi connectivity index (χ3n) is 6.61. The van der Waals surface area contributed by atoms with Crippen LogP contribution in [0.3, 0.4) is 0 Å². The summed E-state index contributed by atoms with van der Waals surface area (Å²) in [6.07, 6.45) is 4.23. The molecular weight excluding hydrogens is 606 g/mol. The number of benzene rings is 4. The average molecular weight is 642 g/mol. The summed E-state index contributed by atoms with van der Waals surface area (Å²) in [6.45, 7) is 4.73. The molecule has 232 valence electrons. The van der Waals surface area contributed by atoms with Crippen LogP contribution in [0.1, 0.15) is 49.0 Å². The fourth-order valence-electron chi connectivity index (χ4n) is 4.23. The lowest BCUT2D eigenvalue weighted by atomic mass is 10.1. The summed E-state index contributed by atoms with van der Waals surface area (Å²) in [5.41, 5.74) is 2.34. The van der Waals surface area contributed by atoms with Crippen molar-refractivity contribution in [2.45, 2.75) is 43.3 Å². The van der Waals surface area contributed by atoms with Gasteiger partial charge in [0.15, 0.2) is 0 Å². The zero-order valence-corrected chi connectivity index (χ0v) is 26.8. The summed E-state index contributed by atoms with van der Waals surface area (Å²) in [5, 5.41) is 8.74. The third-order valence-corrected chi connectivity index (χ3v) is 8.20. The first-order chi connectivity index (χ1) is 21.8. The maximum Gasteiger partial charge on any atom is 0.272 e. The van der Waals surface area contributed by atoms with Gasteiger partial charge in [-0.3, -0.25) is 14.4 Å². The van der Waals surface area contributed by atoms with Gasteiger partial charge in [0, 0.05) is 26.9 Å². The number of amides is 3. The molecule has 0 aliphatic rings. The molecule has 0 aliphatic carbocycles. The van der Waals surface area contributed by atoms with E-state index in [0.29, 0.717) is 40.6 Å². The average Bonchev–Trinajstić information content (AvgIpc) is 3.04. The maximum atomic E-state index is 13.5. The molecule has 4 rings (SSSR count). The monoisotopic (exact) mass is 641 g/mol. The maximum absolute atomic E-state index is 13.5. The second-order valence-corrected chi connectivity index (χ2v) is 11.9. The van der Waals surface area contributed by atoms with Gasteiger partial charge in [-0.05, 0) is 91.2 Å². The van der Waals surface area contributed by atoms with Gasteiger partial charge in [0.05, 0.1) is 11.9 Å². The molecule has 4 aromatic carbocycles. The minimum atomic E-state index is -0.506. The van der Waals surface area contributed by atoms with Crippen LogP contribution in [0.4, 0.5) is 11.4 Å². The minimum Gasteiger partial charge on any atom is -0.494 e. The predicted molar refractivity (Wildman–Crippen MR) is 184 cm³/mol. The van der Waals surface area contributed by atoms with Crippen LogP contribution < -0.4 is 20.7 Å². The topological polar surface area (TPSA) is 96.5 Å². The van der Waals surface area contributed by atoms with E-state index in [-0.39, 0.29) is 16.9 Å². The second-order valence-electron chi connectivity index (χ2n) is 10.1. The van der Waals surface area contributed by atoms with E-state index < -0.39 is 11.8 Å². The molecule has 0 heterocycles. The molecule has 3 N–H and O–H groups in total. The Hall–Kier alpha value is -4.53. The molecule has 0 saturated carbocycles. The quantitative estimate of drug-likeness (QED) is 0.0729. The Bertz CT molecular complexity index is 1630. The Kier molecular flexibility index (Phi) is 12.7. The van der Waals surface area contributed by atoms with Gasteiger partial charge in [0.25, 0.3) is 11.8 Å². The molecule has 3 amide bonds. The van der Waals surface area contributed by atoms with Crippen molar-refractivity contribution in [1.29, 1.82) is 0 Å². The number of ether oxygens (including phenoxy) is 1. The molecular formula is C36H36ClN3O4S. The fourth-order valence-corrected chi connectivity index (χ4v) is 5.44. The highest BCUT2D eigenvalue weighted by molar-refractivity contribution is 8.00. The van der Waals surface area contributed by atoms with Crippen LogP contribution in [0.15, 0.2) is 114 Å². The van der Waals surface area contributed by atoms with Crippen molar-refractivity contribution in [3.05, 3.63) is 125 Å². The van der Waals surface area contributed by atoms with Gasteiger partial charge < -0.3 is 20.7 Å². The number of thioether (sulfide) groups is 1. The zero-order valence-electron chi connectivity index (χ0n) is 25.2. The number of hydrogen-bond acceptors (Lipinski definition) is 5.